The van der Waals surface area contributed by atoms with Gasteiger partial charge in [0, 0.05) is 5.39 Å². The molecule has 0 fully saturated rings. The van der Waals surface area contributed by atoms with Crippen molar-refractivity contribution < 1.29 is 13.2 Å². The van der Waals surface area contributed by atoms with Gasteiger partial charge in [-0.1, -0.05) is 53.2 Å². The van der Waals surface area contributed by atoms with Gasteiger partial charge in [0.15, 0.2) is 10.8 Å². The first-order chi connectivity index (χ1) is 14.6. The number of hydrogen-bond donors (Lipinski definition) is 2. The number of nitrogens with zero attached hydrogens (tertiary/aromatic N) is 3. The smallest absolute Gasteiger partial charge is 0.238 e. The zero-order valence-corrected chi connectivity index (χ0v) is 19.1. The minimum atomic E-state index is -3.98. The quantitative estimate of drug-likeness (QED) is 0.405. The fourth-order valence-corrected chi connectivity index (χ4v) is 5.13. The van der Waals surface area contributed by atoms with Crippen LogP contribution >= 0.6 is 35.0 Å². The molecule has 0 radical (unpaired) electrons. The molecule has 0 aliphatic heterocycles. The van der Waals surface area contributed by atoms with E-state index < -0.39 is 15.9 Å². The number of hydrogen-bond acceptors (Lipinski definition) is 6. The molecule has 0 saturated heterocycles. The number of nitrogens with two attached hydrogens (primary N) is 1. The van der Waals surface area contributed by atoms with Gasteiger partial charge in [0.1, 0.15) is 0 Å². The van der Waals surface area contributed by atoms with Crippen LogP contribution in [-0.4, -0.2) is 34.7 Å². The highest BCUT2D eigenvalue weighted by Gasteiger charge is 2.18. The van der Waals surface area contributed by atoms with Gasteiger partial charge in [-0.3, -0.25) is 9.20 Å². The molecule has 2 aromatic heterocycles. The number of nitrogens with one attached hydrogen (secondary N) is 1. The third-order valence-corrected chi connectivity index (χ3v) is 6.93. The molecule has 2 heterocycles. The highest BCUT2D eigenvalue weighted by Crippen LogP contribution is 2.33. The van der Waals surface area contributed by atoms with E-state index in [1.807, 2.05) is 41.7 Å². The van der Waals surface area contributed by atoms with Gasteiger partial charge in [-0.15, -0.1) is 10.2 Å². The standard InChI is InChI=1S/C19H15Cl2N5O3S2/c1-10-6-16-24-25-19(26(16)15-5-3-2-4-12(10)15)30-9-17(27)23-18-13(20)7-11(8-14(18)21)31(22,28)29/h2-8H,9H2,1H3,(H,23,27)(H2,22,28,29). The van der Waals surface area contributed by atoms with Crippen molar-refractivity contribution in [2.24, 2.45) is 5.14 Å². The van der Waals surface area contributed by atoms with Gasteiger partial charge < -0.3 is 5.32 Å². The molecule has 3 N–H and O–H groups in total. The number of aryl methyl sites for hydroxylation is 1. The third kappa shape index (κ3) is 4.35. The van der Waals surface area contributed by atoms with Crippen molar-refractivity contribution in [3.63, 3.8) is 0 Å². The Labute approximate surface area is 191 Å². The van der Waals surface area contributed by atoms with Gasteiger partial charge in [-0.2, -0.15) is 0 Å². The van der Waals surface area contributed by atoms with Crippen LogP contribution in [0.2, 0.25) is 10.0 Å². The van der Waals surface area contributed by atoms with Crippen LogP contribution in [0.4, 0.5) is 5.69 Å². The third-order valence-electron chi connectivity index (χ3n) is 4.51. The Bertz CT molecular complexity index is 1430. The van der Waals surface area contributed by atoms with Crippen molar-refractivity contribution in [1.29, 1.82) is 0 Å². The molecule has 31 heavy (non-hydrogen) atoms. The molecule has 8 nitrogen and oxygen atoms in total. The van der Waals surface area contributed by atoms with E-state index in [-0.39, 0.29) is 26.4 Å². The lowest BCUT2D eigenvalue weighted by Gasteiger charge is -2.11. The molecule has 0 spiro atoms. The average molecular weight is 496 g/mol. The number of sulfonamides is 1. The molecule has 0 saturated carbocycles. The van der Waals surface area contributed by atoms with Crippen LogP contribution in [0.5, 0.6) is 0 Å². The zero-order chi connectivity index (χ0) is 22.3. The number of thioether (sulfide) groups is 1. The molecule has 1 amide bonds. The SMILES string of the molecule is Cc1cc2nnc(SCC(=O)Nc3c(Cl)cc(S(N)(=O)=O)cc3Cl)n2c2ccccc12. The number of anilines is 1. The summed E-state index contributed by atoms with van der Waals surface area (Å²) in [4.78, 5) is 12.3. The number of halogens is 2. The van der Waals surface area contributed by atoms with Gasteiger partial charge in [0.05, 0.1) is 31.9 Å². The first-order valence-electron chi connectivity index (χ1n) is 8.83. The summed E-state index contributed by atoms with van der Waals surface area (Å²) in [6.07, 6.45) is 0. The minimum Gasteiger partial charge on any atom is -0.323 e. The van der Waals surface area contributed by atoms with E-state index >= 15 is 0 Å². The van der Waals surface area contributed by atoms with E-state index in [1.165, 1.54) is 11.8 Å². The molecular formula is C19H15Cl2N5O3S2. The second kappa shape index (κ2) is 8.29. The summed E-state index contributed by atoms with van der Waals surface area (Å²) in [7, 11) is -3.98. The van der Waals surface area contributed by atoms with Crippen LogP contribution in [-0.2, 0) is 14.8 Å². The molecule has 4 rings (SSSR count). The molecule has 0 bridgehead atoms. The minimum absolute atomic E-state index is 0.00654. The molecule has 4 aromatic rings. The lowest BCUT2D eigenvalue weighted by atomic mass is 10.1. The molecule has 0 aliphatic carbocycles. The maximum Gasteiger partial charge on any atom is 0.238 e. The summed E-state index contributed by atoms with van der Waals surface area (Å²) in [5, 5.41) is 17.6. The van der Waals surface area contributed by atoms with Crippen LogP contribution in [0, 0.1) is 6.92 Å². The number of carbonyl (C=O) groups is 1. The van der Waals surface area contributed by atoms with Gasteiger partial charge >= 0.3 is 0 Å². The zero-order valence-electron chi connectivity index (χ0n) is 16.0. The maximum absolute atomic E-state index is 12.5. The predicted molar refractivity (Wildman–Crippen MR) is 122 cm³/mol. The summed E-state index contributed by atoms with van der Waals surface area (Å²) < 4.78 is 24.9. The molecule has 0 unspecified atom stereocenters. The van der Waals surface area contributed by atoms with Gasteiger partial charge in [0.25, 0.3) is 0 Å². The Kier molecular flexibility index (Phi) is 5.84. The van der Waals surface area contributed by atoms with E-state index in [4.69, 9.17) is 28.3 Å². The maximum atomic E-state index is 12.5. The number of para-hydroxylation sites is 1. The Hall–Kier alpha value is -2.37. The van der Waals surface area contributed by atoms with Crippen molar-refractivity contribution in [3.05, 3.63) is 58.1 Å². The molecule has 160 valence electrons. The topological polar surface area (TPSA) is 119 Å². The van der Waals surface area contributed by atoms with Crippen LogP contribution in [0.25, 0.3) is 16.6 Å². The summed E-state index contributed by atoms with van der Waals surface area (Å²) in [6.45, 7) is 2.01. The lowest BCUT2D eigenvalue weighted by Crippen LogP contribution is -2.16. The van der Waals surface area contributed by atoms with Gasteiger partial charge in [-0.25, -0.2) is 13.6 Å². The Morgan fingerprint density at radius 2 is 1.84 bits per heavy atom. The number of fused-ring (bicyclic) bond motifs is 3. The summed E-state index contributed by atoms with van der Waals surface area (Å²) in [5.41, 5.74) is 2.81. The lowest BCUT2D eigenvalue weighted by molar-refractivity contribution is -0.113. The number of amides is 1. The monoisotopic (exact) mass is 495 g/mol. The van der Waals surface area contributed by atoms with E-state index in [0.29, 0.717) is 10.8 Å². The van der Waals surface area contributed by atoms with E-state index in [0.717, 1.165) is 28.6 Å². The second-order valence-corrected chi connectivity index (χ2v) is 9.98. The van der Waals surface area contributed by atoms with Crippen LogP contribution < -0.4 is 10.5 Å². The fourth-order valence-electron chi connectivity index (χ4n) is 3.11. The molecular weight excluding hydrogens is 481 g/mol. The Balaban J connectivity index is 1.57. The highest BCUT2D eigenvalue weighted by atomic mass is 35.5. The van der Waals surface area contributed by atoms with Crippen molar-refractivity contribution >= 4 is 73.1 Å². The number of carbonyl (C=O) groups excluding carboxylic acids is 1. The molecule has 12 heteroatoms. The van der Waals surface area contributed by atoms with Crippen molar-refractivity contribution in [1.82, 2.24) is 14.6 Å². The Morgan fingerprint density at radius 3 is 2.52 bits per heavy atom. The number of aromatic nitrogens is 3. The first kappa shape index (κ1) is 21.8. The van der Waals surface area contributed by atoms with E-state index in [1.54, 1.807) is 0 Å². The van der Waals surface area contributed by atoms with Crippen LogP contribution in [0.1, 0.15) is 5.56 Å². The van der Waals surface area contributed by atoms with E-state index in [9.17, 15) is 13.2 Å². The Morgan fingerprint density at radius 1 is 1.16 bits per heavy atom. The highest BCUT2D eigenvalue weighted by molar-refractivity contribution is 7.99. The number of pyridine rings is 1. The normalized spacial score (nSPS) is 11.9. The fraction of sp³-hybridized carbons (Fsp3) is 0.105. The van der Waals surface area contributed by atoms with Crippen molar-refractivity contribution in [3.8, 4) is 0 Å². The largest absolute Gasteiger partial charge is 0.323 e. The van der Waals surface area contributed by atoms with Crippen LogP contribution in [0.3, 0.4) is 0 Å². The number of primary sulfonamides is 1. The van der Waals surface area contributed by atoms with Crippen LogP contribution in [0.15, 0.2) is 52.5 Å². The predicted octanol–water partition coefficient (Wildman–Crippen LogP) is 3.88. The summed E-state index contributed by atoms with van der Waals surface area (Å²) in [5.74, 6) is -0.391. The summed E-state index contributed by atoms with van der Waals surface area (Å²) >= 11 is 13.4. The number of benzene rings is 2. The number of rotatable bonds is 5. The average Bonchev–Trinajstić information content (AvgIpc) is 3.11. The first-order valence-corrected chi connectivity index (χ1v) is 12.1. The van der Waals surface area contributed by atoms with Crippen molar-refractivity contribution in [2.75, 3.05) is 11.1 Å². The van der Waals surface area contributed by atoms with Gasteiger partial charge in [-0.05, 0) is 36.8 Å². The second-order valence-electron chi connectivity index (χ2n) is 6.66. The summed E-state index contributed by atoms with van der Waals surface area (Å²) in [6, 6.07) is 12.1. The van der Waals surface area contributed by atoms with Gasteiger partial charge in [0.2, 0.25) is 15.9 Å². The molecule has 2 aromatic carbocycles. The molecule has 0 aliphatic rings. The van der Waals surface area contributed by atoms with E-state index in [2.05, 4.69) is 15.5 Å². The molecule has 0 atom stereocenters. The van der Waals surface area contributed by atoms with Crippen molar-refractivity contribution in [2.45, 2.75) is 17.0 Å².